The number of hydrogen-bond donors (Lipinski definition) is 2. The van der Waals surface area contributed by atoms with Crippen molar-refractivity contribution in [2.24, 2.45) is 0 Å². The Hall–Kier alpha value is -4.00. The molecule has 0 aliphatic carbocycles. The van der Waals surface area contributed by atoms with E-state index in [9.17, 15) is 18.8 Å². The van der Waals surface area contributed by atoms with Gasteiger partial charge in [-0.15, -0.1) is 0 Å². The highest BCUT2D eigenvalue weighted by molar-refractivity contribution is 6.02. The molecule has 3 aromatic rings. The van der Waals surface area contributed by atoms with E-state index in [0.717, 1.165) is 5.56 Å². The summed E-state index contributed by atoms with van der Waals surface area (Å²) in [5.41, 5.74) is 1.96. The van der Waals surface area contributed by atoms with Gasteiger partial charge in [-0.25, -0.2) is 9.18 Å². The van der Waals surface area contributed by atoms with Crippen molar-refractivity contribution < 1.29 is 23.5 Å². The first-order chi connectivity index (χ1) is 14.9. The maximum absolute atomic E-state index is 13.6. The van der Waals surface area contributed by atoms with Crippen molar-refractivity contribution in [3.63, 3.8) is 0 Å². The maximum Gasteiger partial charge on any atom is 0.340 e. The molecule has 3 rings (SSSR count). The fourth-order valence-electron chi connectivity index (χ4n) is 2.82. The predicted octanol–water partition coefficient (Wildman–Crippen LogP) is 4.11. The molecule has 0 radical (unpaired) electrons. The van der Waals surface area contributed by atoms with E-state index in [4.69, 9.17) is 4.74 Å². The molecule has 31 heavy (non-hydrogen) atoms. The van der Waals surface area contributed by atoms with Gasteiger partial charge in [-0.05, 0) is 42.3 Å². The number of carbonyl (C=O) groups excluding carboxylic acids is 3. The molecule has 158 valence electrons. The zero-order chi connectivity index (χ0) is 22.2. The van der Waals surface area contributed by atoms with Gasteiger partial charge in [0.2, 0.25) is 5.91 Å². The van der Waals surface area contributed by atoms with Gasteiger partial charge in [0, 0.05) is 5.69 Å². The van der Waals surface area contributed by atoms with Crippen LogP contribution in [0, 0.1) is 12.7 Å². The molecule has 0 spiro atoms. The monoisotopic (exact) mass is 420 g/mol. The molecular weight excluding hydrogens is 399 g/mol. The van der Waals surface area contributed by atoms with E-state index < -0.39 is 24.3 Å². The van der Waals surface area contributed by atoms with Gasteiger partial charge in [-0.1, -0.05) is 48.5 Å². The number of hydrogen-bond acceptors (Lipinski definition) is 4. The number of aryl methyl sites for hydroxylation is 1. The molecule has 2 N–H and O–H groups in total. The fraction of sp³-hybridized carbons (Fsp3) is 0.125. The molecule has 0 heterocycles. The highest BCUT2D eigenvalue weighted by atomic mass is 19.1. The predicted molar refractivity (Wildman–Crippen MR) is 115 cm³/mol. The average Bonchev–Trinajstić information content (AvgIpc) is 2.75. The van der Waals surface area contributed by atoms with Crippen LogP contribution in [0.25, 0.3) is 0 Å². The summed E-state index contributed by atoms with van der Waals surface area (Å²) >= 11 is 0. The van der Waals surface area contributed by atoms with Gasteiger partial charge >= 0.3 is 5.97 Å². The summed E-state index contributed by atoms with van der Waals surface area (Å²) in [6, 6.07) is 19.8. The average molecular weight is 420 g/mol. The molecule has 2 amide bonds. The van der Waals surface area contributed by atoms with Gasteiger partial charge in [0.15, 0.2) is 6.61 Å². The summed E-state index contributed by atoms with van der Waals surface area (Å²) < 4.78 is 18.6. The van der Waals surface area contributed by atoms with E-state index in [2.05, 4.69) is 10.6 Å². The van der Waals surface area contributed by atoms with Crippen molar-refractivity contribution in [1.29, 1.82) is 0 Å². The van der Waals surface area contributed by atoms with Crippen molar-refractivity contribution >= 4 is 29.2 Å². The molecule has 0 atom stereocenters. The quantitative estimate of drug-likeness (QED) is 0.564. The highest BCUT2D eigenvalue weighted by Gasteiger charge is 2.16. The van der Waals surface area contributed by atoms with Crippen molar-refractivity contribution in [2.45, 2.75) is 13.3 Å². The third-order valence-corrected chi connectivity index (χ3v) is 4.42. The topological polar surface area (TPSA) is 84.5 Å². The lowest BCUT2D eigenvalue weighted by atomic mass is 10.1. The summed E-state index contributed by atoms with van der Waals surface area (Å²) in [7, 11) is 0. The Bertz CT molecular complexity index is 1100. The van der Waals surface area contributed by atoms with Crippen LogP contribution >= 0.6 is 0 Å². The van der Waals surface area contributed by atoms with Gasteiger partial charge in [-0.3, -0.25) is 9.59 Å². The normalized spacial score (nSPS) is 10.3. The molecule has 0 bridgehead atoms. The number of esters is 1. The van der Waals surface area contributed by atoms with Crippen LogP contribution < -0.4 is 10.6 Å². The Labute approximate surface area is 179 Å². The number of carbonyl (C=O) groups is 3. The van der Waals surface area contributed by atoms with Crippen LogP contribution in [0.2, 0.25) is 0 Å². The first-order valence-electron chi connectivity index (χ1n) is 9.58. The second-order valence-corrected chi connectivity index (χ2v) is 6.84. The molecule has 7 heteroatoms. The van der Waals surface area contributed by atoms with Crippen molar-refractivity contribution in [3.8, 4) is 0 Å². The Balaban J connectivity index is 1.58. The third kappa shape index (κ3) is 6.24. The van der Waals surface area contributed by atoms with Crippen LogP contribution in [-0.2, 0) is 20.7 Å². The van der Waals surface area contributed by atoms with Crippen LogP contribution in [0.1, 0.15) is 21.5 Å². The first kappa shape index (κ1) is 21.7. The van der Waals surface area contributed by atoms with Crippen molar-refractivity contribution in [2.75, 3.05) is 17.2 Å². The summed E-state index contributed by atoms with van der Waals surface area (Å²) in [5, 5.41) is 5.16. The molecule has 0 saturated heterocycles. The summed E-state index contributed by atoms with van der Waals surface area (Å²) in [6.45, 7) is 1.05. The van der Waals surface area contributed by atoms with E-state index >= 15 is 0 Å². The molecule has 0 aromatic heterocycles. The van der Waals surface area contributed by atoms with Crippen molar-refractivity contribution in [3.05, 3.63) is 95.3 Å². The Morgan fingerprint density at radius 3 is 2.32 bits per heavy atom. The number of nitrogens with one attached hydrogen (secondary N) is 2. The maximum atomic E-state index is 13.6. The molecule has 0 aliphatic rings. The smallest absolute Gasteiger partial charge is 0.340 e. The number of anilines is 2. The molecular formula is C24H21FN2O4. The van der Waals surface area contributed by atoms with E-state index in [1.165, 1.54) is 18.2 Å². The number of para-hydroxylation sites is 1. The Kier molecular flexibility index (Phi) is 7.11. The molecule has 0 unspecified atom stereocenters. The second-order valence-electron chi connectivity index (χ2n) is 6.84. The van der Waals surface area contributed by atoms with E-state index in [1.54, 1.807) is 31.2 Å². The Morgan fingerprint density at radius 1 is 0.871 bits per heavy atom. The number of benzene rings is 3. The minimum atomic E-state index is -0.763. The standard InChI is InChI=1S/C24H21FN2O4/c1-16-11-12-18(14-20(16)25)26-23(29)15-31-24(30)19-9-5-6-10-21(19)27-22(28)13-17-7-3-2-4-8-17/h2-12,14H,13,15H2,1H3,(H,26,29)(H,27,28). The molecule has 0 saturated carbocycles. The van der Waals surface area contributed by atoms with Gasteiger partial charge < -0.3 is 15.4 Å². The van der Waals surface area contributed by atoms with Gasteiger partial charge in [0.1, 0.15) is 5.82 Å². The van der Waals surface area contributed by atoms with E-state index in [-0.39, 0.29) is 29.3 Å². The Morgan fingerprint density at radius 2 is 1.58 bits per heavy atom. The number of amides is 2. The van der Waals surface area contributed by atoms with Gasteiger partial charge in [-0.2, -0.15) is 0 Å². The third-order valence-electron chi connectivity index (χ3n) is 4.42. The number of halogens is 1. The van der Waals surface area contributed by atoms with E-state index in [0.29, 0.717) is 5.56 Å². The zero-order valence-electron chi connectivity index (χ0n) is 16.9. The minimum absolute atomic E-state index is 0.123. The number of rotatable bonds is 7. The lowest BCUT2D eigenvalue weighted by molar-refractivity contribution is -0.119. The molecule has 0 aliphatic heterocycles. The SMILES string of the molecule is Cc1ccc(NC(=O)COC(=O)c2ccccc2NC(=O)Cc2ccccc2)cc1F. The van der Waals surface area contributed by atoms with Crippen LogP contribution in [0.5, 0.6) is 0 Å². The van der Waals surface area contributed by atoms with Gasteiger partial charge in [0.25, 0.3) is 5.91 Å². The molecule has 6 nitrogen and oxygen atoms in total. The van der Waals surface area contributed by atoms with E-state index in [1.807, 2.05) is 30.3 Å². The summed E-state index contributed by atoms with van der Waals surface area (Å²) in [5.74, 6) is -2.11. The largest absolute Gasteiger partial charge is 0.452 e. The number of ether oxygens (including phenoxy) is 1. The zero-order valence-corrected chi connectivity index (χ0v) is 16.9. The highest BCUT2D eigenvalue weighted by Crippen LogP contribution is 2.17. The lowest BCUT2D eigenvalue weighted by Gasteiger charge is -2.11. The molecule has 0 fully saturated rings. The van der Waals surface area contributed by atoms with Crippen LogP contribution in [-0.4, -0.2) is 24.4 Å². The van der Waals surface area contributed by atoms with Crippen LogP contribution in [0.3, 0.4) is 0 Å². The summed E-state index contributed by atoms with van der Waals surface area (Å²) in [4.78, 5) is 36.8. The van der Waals surface area contributed by atoms with Crippen LogP contribution in [0.15, 0.2) is 72.8 Å². The van der Waals surface area contributed by atoms with Gasteiger partial charge in [0.05, 0.1) is 17.7 Å². The van der Waals surface area contributed by atoms with Crippen molar-refractivity contribution in [1.82, 2.24) is 0 Å². The second kappa shape index (κ2) is 10.2. The molecule has 3 aromatic carbocycles. The minimum Gasteiger partial charge on any atom is -0.452 e. The van der Waals surface area contributed by atoms with Crippen LogP contribution in [0.4, 0.5) is 15.8 Å². The lowest BCUT2D eigenvalue weighted by Crippen LogP contribution is -2.22. The fourth-order valence-corrected chi connectivity index (χ4v) is 2.82. The summed E-state index contributed by atoms with van der Waals surface area (Å²) in [6.07, 6.45) is 0.153. The first-order valence-corrected chi connectivity index (χ1v) is 9.58.